The average molecular weight is 172 g/mol. The van der Waals surface area contributed by atoms with E-state index in [1.807, 2.05) is 0 Å². The van der Waals surface area contributed by atoms with Gasteiger partial charge in [-0.25, -0.2) is 4.79 Å². The van der Waals surface area contributed by atoms with Crippen LogP contribution < -0.4 is 0 Å². The summed E-state index contributed by atoms with van der Waals surface area (Å²) in [6.07, 6.45) is -4.84. The highest BCUT2D eigenvalue weighted by Gasteiger charge is 2.40. The fourth-order valence-electron chi connectivity index (χ4n) is 0.281. The van der Waals surface area contributed by atoms with E-state index in [4.69, 9.17) is 0 Å². The molecule has 0 fully saturated rings. The largest absolute Gasteiger partial charge is 0.516 e. The van der Waals surface area contributed by atoms with Gasteiger partial charge in [-0.15, -0.1) is 0 Å². The quantitative estimate of drug-likeness (QED) is 0.553. The van der Waals surface area contributed by atoms with Gasteiger partial charge in [-0.1, -0.05) is 0 Å². The van der Waals surface area contributed by atoms with Crippen LogP contribution in [0.3, 0.4) is 0 Å². The second kappa shape index (κ2) is 3.04. The van der Waals surface area contributed by atoms with E-state index < -0.39 is 21.2 Å². The van der Waals surface area contributed by atoms with Gasteiger partial charge in [-0.05, 0) is 13.1 Å². The molecule has 0 aromatic heterocycles. The molecule has 0 aromatic carbocycles. The topological polar surface area (TPSA) is 26.3 Å². The third kappa shape index (κ3) is 3.49. The van der Waals surface area contributed by atoms with Gasteiger partial charge in [-0.3, -0.25) is 0 Å². The van der Waals surface area contributed by atoms with Gasteiger partial charge in [0.1, 0.15) is 0 Å². The predicted octanol–water partition coefficient (Wildman–Crippen LogP) is 1.08. The molecule has 0 aliphatic heterocycles. The minimum atomic E-state index is -4.84. The molecule has 0 heterocycles. The van der Waals surface area contributed by atoms with Gasteiger partial charge in [0, 0.05) is 0 Å². The summed E-state index contributed by atoms with van der Waals surface area (Å²) in [4.78, 5) is 9.96. The van der Waals surface area contributed by atoms with Gasteiger partial charge in [0.05, 0.1) is 0 Å². The summed E-state index contributed by atoms with van der Waals surface area (Å²) in [6.45, 7) is 2.98. The van der Waals surface area contributed by atoms with Crippen LogP contribution in [0.2, 0.25) is 13.1 Å². The van der Waals surface area contributed by atoms with Crippen molar-refractivity contribution in [2.45, 2.75) is 19.3 Å². The van der Waals surface area contributed by atoms with Crippen molar-refractivity contribution in [2.24, 2.45) is 0 Å². The lowest BCUT2D eigenvalue weighted by atomic mass is 10.7. The minimum Gasteiger partial charge on any atom is -0.516 e. The summed E-state index contributed by atoms with van der Waals surface area (Å²) in [6, 6.07) is 0. The molecule has 0 amide bonds. The highest BCUT2D eigenvalue weighted by atomic mass is 28.3. The summed E-state index contributed by atoms with van der Waals surface area (Å²) in [7, 11) is -1.90. The number of hydrogen-bond acceptors (Lipinski definition) is 2. The van der Waals surface area contributed by atoms with Crippen LogP contribution in [0.15, 0.2) is 0 Å². The Kier molecular flexibility index (Phi) is 2.88. The molecule has 0 unspecified atom stereocenters. The Morgan fingerprint density at radius 1 is 1.40 bits per heavy atom. The maximum absolute atomic E-state index is 11.4. The highest BCUT2D eigenvalue weighted by molar-refractivity contribution is 6.50. The van der Waals surface area contributed by atoms with E-state index >= 15 is 0 Å². The van der Waals surface area contributed by atoms with Crippen molar-refractivity contribution in [3.05, 3.63) is 0 Å². The molecule has 0 aliphatic rings. The zero-order valence-electron chi connectivity index (χ0n) is 5.53. The number of rotatable bonds is 1. The average Bonchev–Trinajstić information content (AvgIpc) is 1.60. The van der Waals surface area contributed by atoms with Gasteiger partial charge in [0.15, 0.2) is 0 Å². The van der Waals surface area contributed by atoms with Crippen molar-refractivity contribution in [3.63, 3.8) is 0 Å². The number of carbonyl (C=O) groups is 1. The highest BCUT2D eigenvalue weighted by Crippen LogP contribution is 2.16. The molecule has 0 atom stereocenters. The van der Waals surface area contributed by atoms with Crippen LogP contribution in [0.1, 0.15) is 0 Å². The predicted molar refractivity (Wildman–Crippen MR) is 31.0 cm³/mol. The molecule has 60 valence electrons. The molecular weight excluding hydrogens is 165 g/mol. The lowest BCUT2D eigenvalue weighted by Crippen LogP contribution is -2.29. The van der Waals surface area contributed by atoms with E-state index in [0.29, 0.717) is 0 Å². The van der Waals surface area contributed by atoms with Crippen molar-refractivity contribution >= 4 is 15.0 Å². The van der Waals surface area contributed by atoms with Crippen molar-refractivity contribution in [2.75, 3.05) is 0 Å². The third-order valence-electron chi connectivity index (χ3n) is 0.574. The number of hydrogen-bond donors (Lipinski definition) is 0. The molecule has 6 heteroatoms. The van der Waals surface area contributed by atoms with Crippen LogP contribution in [0, 0.1) is 0 Å². The summed E-state index contributed by atoms with van der Waals surface area (Å²) < 4.78 is 38.1. The first-order chi connectivity index (χ1) is 4.34. The molecule has 0 aliphatic carbocycles. The van der Waals surface area contributed by atoms with Crippen LogP contribution in [0.5, 0.6) is 0 Å². The molecule has 0 saturated carbocycles. The maximum atomic E-state index is 11.4. The normalized spacial score (nSPS) is 11.8. The maximum Gasteiger partial charge on any atom is 0.489 e. The lowest BCUT2D eigenvalue weighted by Gasteiger charge is -2.08. The molecule has 10 heavy (non-hydrogen) atoms. The summed E-state index contributed by atoms with van der Waals surface area (Å²) >= 11 is 0. The Hall–Kier alpha value is -0.523. The van der Waals surface area contributed by atoms with Gasteiger partial charge >= 0.3 is 12.1 Å². The van der Waals surface area contributed by atoms with Gasteiger partial charge in [-0.2, -0.15) is 13.2 Å². The van der Waals surface area contributed by atoms with Gasteiger partial charge < -0.3 is 4.43 Å². The first-order valence-electron chi connectivity index (χ1n) is 2.62. The molecule has 0 saturated heterocycles. The van der Waals surface area contributed by atoms with E-state index in [9.17, 15) is 18.0 Å². The summed E-state index contributed by atoms with van der Waals surface area (Å²) in [5.74, 6) is -2.07. The Morgan fingerprint density at radius 2 is 1.80 bits per heavy atom. The van der Waals surface area contributed by atoms with Crippen LogP contribution >= 0.6 is 0 Å². The molecule has 0 rings (SSSR count). The number of alkyl halides is 3. The van der Waals surface area contributed by atoms with E-state index in [1.165, 1.54) is 13.1 Å². The minimum absolute atomic E-state index is 1.49. The fourth-order valence-corrected chi connectivity index (χ4v) is 0.843. The van der Waals surface area contributed by atoms with E-state index in [0.717, 1.165) is 0 Å². The van der Waals surface area contributed by atoms with Crippen molar-refractivity contribution in [1.82, 2.24) is 0 Å². The molecule has 0 radical (unpaired) electrons. The fraction of sp³-hybridized carbons (Fsp3) is 0.750. The number of carbonyl (C=O) groups excluding carboxylic acids is 1. The second-order valence-electron chi connectivity index (χ2n) is 1.95. The zero-order valence-corrected chi connectivity index (χ0v) is 6.68. The SMILES string of the molecule is C[SiH](C)OC(=O)C(F)(F)F. The van der Waals surface area contributed by atoms with E-state index in [1.54, 1.807) is 0 Å². The summed E-state index contributed by atoms with van der Waals surface area (Å²) in [5, 5.41) is 0. The Labute approximate surface area is 57.7 Å². The standard InChI is InChI=1S/C4H7F3O2Si/c1-10(2)9-3(8)4(5,6)7/h10H,1-2H3. The van der Waals surface area contributed by atoms with E-state index in [2.05, 4.69) is 4.43 Å². The second-order valence-corrected chi connectivity index (χ2v) is 4.29. The van der Waals surface area contributed by atoms with Crippen LogP contribution in [0.4, 0.5) is 13.2 Å². The number of halogens is 3. The first kappa shape index (κ1) is 9.48. The smallest absolute Gasteiger partial charge is 0.489 e. The molecule has 2 nitrogen and oxygen atoms in total. The van der Waals surface area contributed by atoms with Gasteiger partial charge in [0.2, 0.25) is 9.04 Å². The molecular formula is C4H7F3O2Si. The van der Waals surface area contributed by atoms with Crippen molar-refractivity contribution in [1.29, 1.82) is 0 Å². The monoisotopic (exact) mass is 172 g/mol. The zero-order chi connectivity index (χ0) is 8.36. The molecule has 0 aromatic rings. The molecule has 0 bridgehead atoms. The Morgan fingerprint density at radius 3 is 1.90 bits per heavy atom. The van der Waals surface area contributed by atoms with Crippen molar-refractivity contribution < 1.29 is 22.4 Å². The third-order valence-corrected chi connectivity index (χ3v) is 1.26. The Bertz CT molecular complexity index is 131. The molecule has 0 spiro atoms. The van der Waals surface area contributed by atoms with Crippen LogP contribution in [-0.2, 0) is 9.22 Å². The lowest BCUT2D eigenvalue weighted by molar-refractivity contribution is -0.190. The van der Waals surface area contributed by atoms with E-state index in [-0.39, 0.29) is 0 Å². The Balaban J connectivity index is 3.87. The van der Waals surface area contributed by atoms with Gasteiger partial charge in [0.25, 0.3) is 0 Å². The molecule has 0 N–H and O–H groups in total. The first-order valence-corrected chi connectivity index (χ1v) is 5.40. The van der Waals surface area contributed by atoms with Crippen molar-refractivity contribution in [3.8, 4) is 0 Å². The summed E-state index contributed by atoms with van der Waals surface area (Å²) in [5.41, 5.74) is 0. The van der Waals surface area contributed by atoms with Crippen LogP contribution in [-0.4, -0.2) is 21.2 Å². The van der Waals surface area contributed by atoms with Crippen LogP contribution in [0.25, 0.3) is 0 Å².